The smallest absolute Gasteiger partial charge is 0.254 e. The largest absolute Gasteiger partial charge is 0.493 e. The molecule has 1 atom stereocenters. The van der Waals surface area contributed by atoms with Crippen LogP contribution in [0.1, 0.15) is 39.5 Å². The van der Waals surface area contributed by atoms with Gasteiger partial charge in [0.05, 0.1) is 37.8 Å². The Morgan fingerprint density at radius 3 is 2.51 bits per heavy atom. The maximum absolute atomic E-state index is 15.0. The third-order valence-electron chi connectivity index (χ3n) is 6.49. The average Bonchev–Trinajstić information content (AvgIpc) is 3.15. The van der Waals surface area contributed by atoms with Gasteiger partial charge in [0.15, 0.2) is 16.9 Å². The van der Waals surface area contributed by atoms with Gasteiger partial charge in [0.1, 0.15) is 5.82 Å². The van der Waals surface area contributed by atoms with Gasteiger partial charge in [-0.1, -0.05) is 34.1 Å². The molecule has 0 saturated heterocycles. The summed E-state index contributed by atoms with van der Waals surface area (Å²) in [4.78, 5) is 26.9. The molecule has 9 heteroatoms. The molecule has 0 aliphatic heterocycles. The van der Waals surface area contributed by atoms with Crippen molar-refractivity contribution in [3.8, 4) is 28.4 Å². The molecule has 0 spiro atoms. The van der Waals surface area contributed by atoms with Crippen molar-refractivity contribution in [1.82, 2.24) is 5.32 Å². The second kappa shape index (κ2) is 11.6. The van der Waals surface area contributed by atoms with E-state index in [9.17, 15) is 14.0 Å². The number of alkyl halides is 1. The maximum Gasteiger partial charge on any atom is 0.254 e. The van der Waals surface area contributed by atoms with Gasteiger partial charge in [0.25, 0.3) is 5.91 Å². The van der Waals surface area contributed by atoms with Crippen molar-refractivity contribution in [3.05, 3.63) is 80.8 Å². The van der Waals surface area contributed by atoms with Crippen molar-refractivity contribution in [2.24, 2.45) is 0 Å². The van der Waals surface area contributed by atoms with E-state index in [1.807, 2.05) is 18.4 Å². The number of thioether (sulfide) groups is 1. The summed E-state index contributed by atoms with van der Waals surface area (Å²) in [6.07, 6.45) is 2.86. The highest BCUT2D eigenvalue weighted by molar-refractivity contribution is 9.08. The number of methoxy groups -OCH3 is 3. The lowest BCUT2D eigenvalue weighted by Gasteiger charge is -2.20. The van der Waals surface area contributed by atoms with Gasteiger partial charge in [0.2, 0.25) is 5.75 Å². The number of carbonyl (C=O) groups excluding carboxylic acids is 1. The second-order valence-corrected chi connectivity index (χ2v) is 9.84. The molecule has 3 aromatic carbocycles. The number of rotatable bonds is 7. The van der Waals surface area contributed by atoms with Gasteiger partial charge in [-0.05, 0) is 65.6 Å². The Kier molecular flexibility index (Phi) is 8.44. The highest BCUT2D eigenvalue weighted by atomic mass is 79.9. The van der Waals surface area contributed by atoms with Crippen molar-refractivity contribution < 1.29 is 23.4 Å². The van der Waals surface area contributed by atoms with Gasteiger partial charge >= 0.3 is 0 Å². The van der Waals surface area contributed by atoms with Crippen LogP contribution in [0.4, 0.5) is 4.39 Å². The van der Waals surface area contributed by atoms with E-state index in [4.69, 9.17) is 14.2 Å². The Morgan fingerprint density at radius 2 is 1.86 bits per heavy atom. The van der Waals surface area contributed by atoms with Crippen LogP contribution in [0.15, 0.2) is 52.2 Å². The lowest BCUT2D eigenvalue weighted by atomic mass is 9.95. The maximum atomic E-state index is 15.0. The van der Waals surface area contributed by atoms with Crippen molar-refractivity contribution in [2.75, 3.05) is 27.6 Å². The molecule has 0 fully saturated rings. The molecule has 0 aromatic heterocycles. The first-order valence-electron chi connectivity index (χ1n) is 11.6. The molecule has 194 valence electrons. The molecule has 0 radical (unpaired) electrons. The summed E-state index contributed by atoms with van der Waals surface area (Å²) >= 11 is 4.61. The van der Waals surface area contributed by atoms with Gasteiger partial charge in [0, 0.05) is 10.9 Å². The summed E-state index contributed by atoms with van der Waals surface area (Å²) in [7, 11) is 4.65. The minimum absolute atomic E-state index is 0.0476. The number of aryl methyl sites for hydroxylation is 1. The fourth-order valence-corrected chi connectivity index (χ4v) is 5.61. The monoisotopic (exact) mass is 587 g/mol. The summed E-state index contributed by atoms with van der Waals surface area (Å²) in [5.41, 5.74) is 3.22. The summed E-state index contributed by atoms with van der Waals surface area (Å²) < 4.78 is 32.0. The molecule has 0 bridgehead atoms. The first kappa shape index (κ1) is 27.0. The first-order valence-corrected chi connectivity index (χ1v) is 13.9. The topological polar surface area (TPSA) is 73.9 Å². The van der Waals surface area contributed by atoms with Crippen molar-refractivity contribution >= 4 is 33.6 Å². The number of carbonyl (C=O) groups is 1. The lowest BCUT2D eigenvalue weighted by Crippen LogP contribution is -2.30. The van der Waals surface area contributed by atoms with Gasteiger partial charge in [-0.25, -0.2) is 4.39 Å². The SMILES string of the molecule is COc1cc2c(c(OC)c1OC)-c1ccc(SC)c(=O)cc1[C@@H](NC(=O)c1cccc(CBr)c1F)CC2. The number of hydrogen-bond acceptors (Lipinski definition) is 6. The minimum Gasteiger partial charge on any atom is -0.493 e. The molecule has 0 saturated carbocycles. The molecule has 0 heterocycles. The van der Waals surface area contributed by atoms with Crippen LogP contribution in [0.3, 0.4) is 0 Å². The zero-order valence-electron chi connectivity index (χ0n) is 20.9. The van der Waals surface area contributed by atoms with E-state index in [0.717, 1.165) is 16.7 Å². The number of ether oxygens (including phenoxy) is 3. The van der Waals surface area contributed by atoms with Crippen LogP contribution in [-0.2, 0) is 11.8 Å². The molecular weight excluding hydrogens is 561 g/mol. The Morgan fingerprint density at radius 1 is 1.11 bits per heavy atom. The van der Waals surface area contributed by atoms with E-state index in [1.54, 1.807) is 38.5 Å². The first-order chi connectivity index (χ1) is 17.9. The van der Waals surface area contributed by atoms with Crippen molar-refractivity contribution in [1.29, 1.82) is 0 Å². The molecule has 1 amide bonds. The number of nitrogens with one attached hydrogen (secondary N) is 1. The van der Waals surface area contributed by atoms with Crippen LogP contribution >= 0.6 is 27.7 Å². The molecule has 6 nitrogen and oxygen atoms in total. The molecule has 37 heavy (non-hydrogen) atoms. The third-order valence-corrected chi connectivity index (χ3v) is 7.87. The van der Waals surface area contributed by atoms with Gasteiger partial charge in [-0.15, -0.1) is 11.8 Å². The predicted molar refractivity (Wildman–Crippen MR) is 147 cm³/mol. The minimum atomic E-state index is -0.571. The zero-order valence-corrected chi connectivity index (χ0v) is 23.3. The molecule has 3 aromatic rings. The number of benzene rings is 2. The average molecular weight is 588 g/mol. The van der Waals surface area contributed by atoms with E-state index in [-0.39, 0.29) is 16.3 Å². The predicted octanol–water partition coefficient (Wildman–Crippen LogP) is 5.91. The fourth-order valence-electron chi connectivity index (χ4n) is 4.71. The van der Waals surface area contributed by atoms with Crippen LogP contribution in [0, 0.1) is 5.82 Å². The van der Waals surface area contributed by atoms with Crippen LogP contribution in [0.25, 0.3) is 11.1 Å². The lowest BCUT2D eigenvalue weighted by molar-refractivity contribution is 0.0930. The van der Waals surface area contributed by atoms with E-state index < -0.39 is 17.8 Å². The normalized spacial score (nSPS) is 14.2. The third kappa shape index (κ3) is 5.07. The van der Waals surface area contributed by atoms with Crippen LogP contribution < -0.4 is 25.0 Å². The molecule has 1 aliphatic rings. The van der Waals surface area contributed by atoms with E-state index in [2.05, 4.69) is 21.2 Å². The Hall–Kier alpha value is -3.04. The van der Waals surface area contributed by atoms with Crippen molar-refractivity contribution in [2.45, 2.75) is 29.1 Å². The molecular formula is C28H27BrFNO5S. The second-order valence-electron chi connectivity index (χ2n) is 8.44. The Bertz CT molecular complexity index is 1410. The highest BCUT2D eigenvalue weighted by Crippen LogP contribution is 2.50. The number of halogens is 2. The van der Waals surface area contributed by atoms with Gasteiger partial charge in [-0.2, -0.15) is 0 Å². The van der Waals surface area contributed by atoms with Gasteiger partial charge < -0.3 is 19.5 Å². The fraction of sp³-hybridized carbons (Fsp3) is 0.286. The number of fused-ring (bicyclic) bond motifs is 3. The molecule has 1 aliphatic carbocycles. The molecule has 0 unspecified atom stereocenters. The van der Waals surface area contributed by atoms with Crippen molar-refractivity contribution in [3.63, 3.8) is 0 Å². The van der Waals surface area contributed by atoms with E-state index >= 15 is 0 Å². The quantitative estimate of drug-likeness (QED) is 0.273. The molecule has 1 N–H and O–H groups in total. The Labute approximate surface area is 227 Å². The number of amides is 1. The van der Waals surface area contributed by atoms with Gasteiger partial charge in [-0.3, -0.25) is 9.59 Å². The van der Waals surface area contributed by atoms with Crippen LogP contribution in [0.5, 0.6) is 17.2 Å². The van der Waals surface area contributed by atoms with Crippen LogP contribution in [0.2, 0.25) is 0 Å². The standard InChI is InChI=1S/C28H27BrFNO5S/c1-34-22-12-15-8-10-20(31-28(33)18-7-5-6-16(14-29)25(18)30)19-13-21(32)23(37-4)11-9-17(19)24(15)27(36-3)26(22)35-2/h5-7,9,11-13,20H,8,10,14H2,1-4H3,(H,31,33)/t20-/m0/s1. The van der Waals surface area contributed by atoms with Crippen LogP contribution in [-0.4, -0.2) is 33.5 Å². The summed E-state index contributed by atoms with van der Waals surface area (Å²) in [5.74, 6) is 0.312. The van der Waals surface area contributed by atoms with E-state index in [0.29, 0.717) is 46.1 Å². The van der Waals surface area contributed by atoms with E-state index in [1.165, 1.54) is 24.9 Å². The highest BCUT2D eigenvalue weighted by Gasteiger charge is 2.30. The summed E-state index contributed by atoms with van der Waals surface area (Å²) in [6, 6.07) is 11.3. The Balaban J connectivity index is 1.93. The summed E-state index contributed by atoms with van der Waals surface area (Å²) in [5, 5.41) is 3.28. The summed E-state index contributed by atoms with van der Waals surface area (Å²) in [6.45, 7) is 0. The molecule has 4 rings (SSSR count). The zero-order chi connectivity index (χ0) is 26.7. The number of hydrogen-bond donors (Lipinski definition) is 1.